The number of hydrogen-bond donors (Lipinski definition) is 2. The van der Waals surface area contributed by atoms with E-state index in [9.17, 15) is 26.9 Å². The molecule has 3 aromatic rings. The molecule has 3 N–H and O–H groups in total. The summed E-state index contributed by atoms with van der Waals surface area (Å²) in [5, 5.41) is 13.8. The second-order valence-electron chi connectivity index (χ2n) is 6.59. The highest BCUT2D eigenvalue weighted by Gasteiger charge is 2.31. The molecular formula is C20H18F3N5O3S. The molecule has 168 valence electrons. The van der Waals surface area contributed by atoms with Crippen LogP contribution in [-0.4, -0.2) is 31.1 Å². The van der Waals surface area contributed by atoms with Crippen LogP contribution in [0.5, 0.6) is 5.75 Å². The molecular weight excluding hydrogens is 447 g/mol. The van der Waals surface area contributed by atoms with Gasteiger partial charge in [-0.15, -0.1) is 13.2 Å². The van der Waals surface area contributed by atoms with Crippen molar-refractivity contribution in [1.29, 1.82) is 5.26 Å². The fraction of sp³-hybridized carbons (Fsp3) is 0.200. The number of rotatable bonds is 8. The number of sulfonamides is 1. The minimum Gasteiger partial charge on any atom is -0.406 e. The molecule has 0 atom stereocenters. The average molecular weight is 465 g/mol. The van der Waals surface area contributed by atoms with Gasteiger partial charge in [0.15, 0.2) is 0 Å². The number of alkyl halides is 3. The van der Waals surface area contributed by atoms with Crippen molar-refractivity contribution >= 4 is 15.8 Å². The van der Waals surface area contributed by atoms with Crippen molar-refractivity contribution in [2.45, 2.75) is 24.1 Å². The number of nitrogens with two attached hydrogens (primary N) is 1. The topological polar surface area (TPSA) is 123 Å². The molecule has 12 heteroatoms. The second kappa shape index (κ2) is 9.29. The number of nitrogen functional groups attached to an aromatic ring is 1. The summed E-state index contributed by atoms with van der Waals surface area (Å²) in [6.07, 6.45) is -4.26. The number of nitrogens with one attached hydrogen (secondary N) is 1. The molecule has 8 nitrogen and oxygen atoms in total. The first-order chi connectivity index (χ1) is 15.1. The summed E-state index contributed by atoms with van der Waals surface area (Å²) in [4.78, 5) is -0.206. The lowest BCUT2D eigenvalue weighted by atomic mass is 10.1. The van der Waals surface area contributed by atoms with E-state index in [1.165, 1.54) is 4.68 Å². The number of aryl methyl sites for hydroxylation is 1. The number of halogens is 3. The quantitative estimate of drug-likeness (QED) is 0.493. The molecule has 0 aliphatic heterocycles. The molecule has 0 fully saturated rings. The maximum absolute atomic E-state index is 12.3. The van der Waals surface area contributed by atoms with Gasteiger partial charge in [-0.1, -0.05) is 18.2 Å². The van der Waals surface area contributed by atoms with Gasteiger partial charge in [0, 0.05) is 6.54 Å². The Bertz CT molecular complexity index is 1220. The molecule has 0 aliphatic rings. The molecule has 3 rings (SSSR count). The third kappa shape index (κ3) is 5.57. The van der Waals surface area contributed by atoms with Gasteiger partial charge in [-0.3, -0.25) is 0 Å². The fourth-order valence-corrected chi connectivity index (χ4v) is 3.98. The number of para-hydroxylation sites is 1. The summed E-state index contributed by atoms with van der Waals surface area (Å²) in [5.41, 5.74) is 7.37. The van der Waals surface area contributed by atoms with E-state index >= 15 is 0 Å². The first-order valence-electron chi connectivity index (χ1n) is 9.29. The molecule has 0 unspecified atom stereocenters. The smallest absolute Gasteiger partial charge is 0.406 e. The lowest BCUT2D eigenvalue weighted by Gasteiger charge is -2.10. The minimum absolute atomic E-state index is 0.0199. The molecule has 1 aromatic heterocycles. The maximum Gasteiger partial charge on any atom is 0.573 e. The summed E-state index contributed by atoms with van der Waals surface area (Å²) < 4.78 is 68.8. The molecule has 0 bridgehead atoms. The summed E-state index contributed by atoms with van der Waals surface area (Å²) in [6, 6.07) is 14.9. The van der Waals surface area contributed by atoms with Crippen molar-refractivity contribution in [2.75, 3.05) is 12.3 Å². The van der Waals surface area contributed by atoms with Gasteiger partial charge in [0.1, 0.15) is 23.2 Å². The van der Waals surface area contributed by atoms with Crippen LogP contribution in [0.2, 0.25) is 0 Å². The zero-order valence-corrected chi connectivity index (χ0v) is 17.3. The molecule has 1 heterocycles. The zero-order chi connectivity index (χ0) is 23.4. The van der Waals surface area contributed by atoms with Crippen molar-refractivity contribution in [3.05, 3.63) is 65.9 Å². The van der Waals surface area contributed by atoms with Gasteiger partial charge in [-0.05, 0) is 49.2 Å². The number of hydrogen-bond acceptors (Lipinski definition) is 6. The predicted octanol–water partition coefficient (Wildman–Crippen LogP) is 3.14. The SMILES string of the molecule is N#Cc1c(CCCNS(=O)(=O)c2ccc(OC(F)(F)F)cc2)nn(-c2ccccc2)c1N. The van der Waals surface area contributed by atoms with Crippen molar-refractivity contribution in [3.63, 3.8) is 0 Å². The Morgan fingerprint density at radius 3 is 2.38 bits per heavy atom. The first kappa shape index (κ1) is 23.1. The van der Waals surface area contributed by atoms with Crippen LogP contribution in [0.3, 0.4) is 0 Å². The highest BCUT2D eigenvalue weighted by Crippen LogP contribution is 2.24. The van der Waals surface area contributed by atoms with E-state index in [2.05, 4.69) is 14.6 Å². The Morgan fingerprint density at radius 1 is 1.12 bits per heavy atom. The summed E-state index contributed by atoms with van der Waals surface area (Å²) in [7, 11) is -3.94. The van der Waals surface area contributed by atoms with Gasteiger partial charge in [0.2, 0.25) is 10.0 Å². The second-order valence-corrected chi connectivity index (χ2v) is 8.35. The van der Waals surface area contributed by atoms with Crippen LogP contribution in [0.15, 0.2) is 59.5 Å². The summed E-state index contributed by atoms with van der Waals surface area (Å²) >= 11 is 0. The van der Waals surface area contributed by atoms with Crippen molar-refractivity contribution < 1.29 is 26.3 Å². The van der Waals surface area contributed by atoms with E-state index < -0.39 is 22.1 Å². The Morgan fingerprint density at radius 2 is 1.78 bits per heavy atom. The van der Waals surface area contributed by atoms with Gasteiger partial charge in [0.25, 0.3) is 0 Å². The lowest BCUT2D eigenvalue weighted by molar-refractivity contribution is -0.274. The number of nitriles is 1. The van der Waals surface area contributed by atoms with E-state index in [1.54, 1.807) is 24.3 Å². The van der Waals surface area contributed by atoms with Gasteiger partial charge < -0.3 is 10.5 Å². The molecule has 0 amide bonds. The Kier molecular flexibility index (Phi) is 6.71. The minimum atomic E-state index is -4.86. The van der Waals surface area contributed by atoms with E-state index in [1.807, 2.05) is 12.1 Å². The predicted molar refractivity (Wildman–Crippen MR) is 109 cm³/mol. The van der Waals surface area contributed by atoms with E-state index in [0.29, 0.717) is 17.8 Å². The number of nitrogens with zero attached hydrogens (tertiary/aromatic N) is 3. The Balaban J connectivity index is 1.62. The molecule has 0 spiro atoms. The third-order valence-corrected chi connectivity index (χ3v) is 5.83. The van der Waals surface area contributed by atoms with Crippen molar-refractivity contribution in [1.82, 2.24) is 14.5 Å². The van der Waals surface area contributed by atoms with E-state index in [0.717, 1.165) is 24.3 Å². The van der Waals surface area contributed by atoms with Crippen LogP contribution in [0.25, 0.3) is 5.69 Å². The molecule has 0 saturated carbocycles. The monoisotopic (exact) mass is 465 g/mol. The molecule has 0 saturated heterocycles. The Hall–Kier alpha value is -3.56. The highest BCUT2D eigenvalue weighted by atomic mass is 32.2. The van der Waals surface area contributed by atoms with Gasteiger partial charge in [-0.25, -0.2) is 17.8 Å². The van der Waals surface area contributed by atoms with Gasteiger partial charge in [0.05, 0.1) is 16.3 Å². The van der Waals surface area contributed by atoms with Gasteiger partial charge in [-0.2, -0.15) is 10.4 Å². The van der Waals surface area contributed by atoms with Crippen LogP contribution in [0.1, 0.15) is 17.7 Å². The third-order valence-electron chi connectivity index (χ3n) is 4.36. The normalized spacial score (nSPS) is 11.8. The molecule has 2 aromatic carbocycles. The largest absolute Gasteiger partial charge is 0.573 e. The number of aromatic nitrogens is 2. The maximum atomic E-state index is 12.3. The first-order valence-corrected chi connectivity index (χ1v) is 10.8. The Labute approximate surface area is 182 Å². The fourth-order valence-electron chi connectivity index (χ4n) is 2.91. The average Bonchev–Trinajstić information content (AvgIpc) is 3.06. The molecule has 32 heavy (non-hydrogen) atoms. The van der Waals surface area contributed by atoms with Gasteiger partial charge >= 0.3 is 6.36 Å². The number of benzene rings is 2. The van der Waals surface area contributed by atoms with E-state index in [4.69, 9.17) is 5.73 Å². The summed E-state index contributed by atoms with van der Waals surface area (Å²) in [6.45, 7) is 0.0199. The van der Waals surface area contributed by atoms with Crippen LogP contribution >= 0.6 is 0 Å². The standard InChI is InChI=1S/C20H18F3N5O3S/c21-20(22,23)31-15-8-10-16(11-9-15)32(29,30)26-12-4-7-18-17(13-24)19(25)28(27-18)14-5-2-1-3-6-14/h1-3,5-6,8-11,26H,4,7,12,25H2. The lowest BCUT2D eigenvalue weighted by Crippen LogP contribution is -2.25. The van der Waals surface area contributed by atoms with E-state index in [-0.39, 0.29) is 29.2 Å². The van der Waals surface area contributed by atoms with Crippen LogP contribution in [-0.2, 0) is 16.4 Å². The van der Waals surface area contributed by atoms with Crippen LogP contribution in [0, 0.1) is 11.3 Å². The number of ether oxygens (including phenoxy) is 1. The molecule has 0 aliphatic carbocycles. The highest BCUT2D eigenvalue weighted by molar-refractivity contribution is 7.89. The number of anilines is 1. The van der Waals surface area contributed by atoms with Crippen molar-refractivity contribution in [2.24, 2.45) is 0 Å². The van der Waals surface area contributed by atoms with Crippen LogP contribution < -0.4 is 15.2 Å². The van der Waals surface area contributed by atoms with Crippen LogP contribution in [0.4, 0.5) is 19.0 Å². The summed E-state index contributed by atoms with van der Waals surface area (Å²) in [5.74, 6) is -0.331. The molecule has 0 radical (unpaired) electrons. The van der Waals surface area contributed by atoms with Crippen molar-refractivity contribution in [3.8, 4) is 17.5 Å². The zero-order valence-electron chi connectivity index (χ0n) is 16.5.